The summed E-state index contributed by atoms with van der Waals surface area (Å²) in [6.07, 6.45) is 5.85. The summed E-state index contributed by atoms with van der Waals surface area (Å²) in [5, 5.41) is 0.369. The molecule has 130 valence electrons. The lowest BCUT2D eigenvalue weighted by Crippen LogP contribution is -2.34. The van der Waals surface area contributed by atoms with Gasteiger partial charge in [-0.05, 0) is 24.6 Å². The molecule has 0 fully saturated rings. The fourth-order valence-corrected chi connectivity index (χ4v) is 2.56. The smallest absolute Gasteiger partial charge is 0.246 e. The van der Waals surface area contributed by atoms with Gasteiger partial charge in [-0.2, -0.15) is 0 Å². The van der Waals surface area contributed by atoms with E-state index in [1.165, 1.54) is 6.08 Å². The highest BCUT2D eigenvalue weighted by Gasteiger charge is 2.12. The van der Waals surface area contributed by atoms with E-state index in [4.69, 9.17) is 21.1 Å². The molecule has 24 heavy (non-hydrogen) atoms. The van der Waals surface area contributed by atoms with E-state index >= 15 is 0 Å². The van der Waals surface area contributed by atoms with E-state index < -0.39 is 0 Å². The number of methoxy groups -OCH3 is 2. The van der Waals surface area contributed by atoms with E-state index in [1.807, 2.05) is 28.8 Å². The number of halogens is 1. The van der Waals surface area contributed by atoms with Gasteiger partial charge in [-0.25, -0.2) is 4.98 Å². The number of ether oxygens (including phenoxy) is 2. The summed E-state index contributed by atoms with van der Waals surface area (Å²) in [5.74, 6) is -0.0925. The average molecular weight is 352 g/mol. The molecule has 6 nitrogen and oxygen atoms in total. The van der Waals surface area contributed by atoms with Gasteiger partial charge in [0, 0.05) is 46.2 Å². The molecule has 0 aliphatic heterocycles. The van der Waals surface area contributed by atoms with Crippen LogP contribution in [0.2, 0.25) is 5.15 Å². The van der Waals surface area contributed by atoms with Crippen molar-refractivity contribution in [3.05, 3.63) is 41.3 Å². The number of nitrogens with zero attached hydrogens (tertiary/aromatic N) is 3. The van der Waals surface area contributed by atoms with Crippen LogP contribution in [0.5, 0.6) is 0 Å². The van der Waals surface area contributed by atoms with Gasteiger partial charge in [0.25, 0.3) is 0 Å². The maximum Gasteiger partial charge on any atom is 0.246 e. The molecule has 2 rings (SSSR count). The number of carbonyl (C=O) groups excluding carboxylic acids is 1. The summed E-state index contributed by atoms with van der Waals surface area (Å²) in [5.41, 5.74) is 1.43. The highest BCUT2D eigenvalue weighted by molar-refractivity contribution is 6.31. The van der Waals surface area contributed by atoms with Crippen LogP contribution >= 0.6 is 11.6 Å². The Balaban J connectivity index is 2.11. The third-order valence-corrected chi connectivity index (χ3v) is 3.84. The van der Waals surface area contributed by atoms with E-state index in [0.717, 1.165) is 12.1 Å². The number of amides is 1. The Labute approximate surface area is 146 Å². The zero-order valence-electron chi connectivity index (χ0n) is 13.9. The van der Waals surface area contributed by atoms with Crippen LogP contribution < -0.4 is 0 Å². The third kappa shape index (κ3) is 4.80. The van der Waals surface area contributed by atoms with Gasteiger partial charge in [0.2, 0.25) is 5.91 Å². The Kier molecular flexibility index (Phi) is 7.24. The molecule has 0 aromatic carbocycles. The van der Waals surface area contributed by atoms with Crippen LogP contribution in [0.4, 0.5) is 0 Å². The number of carbonyl (C=O) groups is 1. The first kappa shape index (κ1) is 18.4. The van der Waals surface area contributed by atoms with Gasteiger partial charge in [-0.1, -0.05) is 17.7 Å². The minimum absolute atomic E-state index is 0.0925. The summed E-state index contributed by atoms with van der Waals surface area (Å²) in [4.78, 5) is 18.5. The fraction of sp³-hybridized carbons (Fsp3) is 0.412. The van der Waals surface area contributed by atoms with Crippen molar-refractivity contribution in [2.24, 2.45) is 0 Å². The van der Waals surface area contributed by atoms with E-state index in [1.54, 1.807) is 25.2 Å². The Morgan fingerprint density at radius 2 is 2.08 bits per heavy atom. The lowest BCUT2D eigenvalue weighted by molar-refractivity contribution is -0.126. The van der Waals surface area contributed by atoms with Crippen LogP contribution in [0, 0.1) is 0 Å². The van der Waals surface area contributed by atoms with Crippen molar-refractivity contribution in [3.8, 4) is 0 Å². The lowest BCUT2D eigenvalue weighted by Gasteiger charge is -2.20. The first-order chi connectivity index (χ1) is 11.7. The minimum atomic E-state index is -0.0925. The second-order valence-corrected chi connectivity index (χ2v) is 5.57. The number of rotatable bonds is 9. The first-order valence-corrected chi connectivity index (χ1v) is 8.12. The molecule has 1 amide bonds. The van der Waals surface area contributed by atoms with Gasteiger partial charge in [0.05, 0.1) is 12.3 Å². The average Bonchev–Trinajstić information content (AvgIpc) is 2.91. The maximum atomic E-state index is 12.5. The summed E-state index contributed by atoms with van der Waals surface area (Å²) in [6, 6.07) is 5.64. The highest BCUT2D eigenvalue weighted by Crippen LogP contribution is 2.19. The van der Waals surface area contributed by atoms with Crippen molar-refractivity contribution in [2.75, 3.05) is 40.5 Å². The summed E-state index contributed by atoms with van der Waals surface area (Å²) < 4.78 is 12.0. The molecule has 0 unspecified atom stereocenters. The van der Waals surface area contributed by atoms with E-state index in [0.29, 0.717) is 37.2 Å². The Morgan fingerprint density at radius 1 is 1.29 bits per heavy atom. The van der Waals surface area contributed by atoms with Gasteiger partial charge < -0.3 is 14.4 Å². The molecule has 0 saturated carbocycles. The lowest BCUT2D eigenvalue weighted by atomic mass is 10.3. The number of fused-ring (bicyclic) bond motifs is 1. The molecule has 2 aromatic heterocycles. The molecule has 0 N–H and O–H groups in total. The molecule has 0 saturated heterocycles. The number of hydrogen-bond acceptors (Lipinski definition) is 4. The van der Waals surface area contributed by atoms with E-state index in [2.05, 4.69) is 4.98 Å². The number of imidazole rings is 1. The van der Waals surface area contributed by atoms with Crippen LogP contribution in [0.3, 0.4) is 0 Å². The predicted molar refractivity (Wildman–Crippen MR) is 94.2 cm³/mol. The maximum absolute atomic E-state index is 12.5. The highest BCUT2D eigenvalue weighted by atomic mass is 35.5. The number of hydrogen-bond donors (Lipinski definition) is 0. The molecule has 0 aliphatic carbocycles. The summed E-state index contributed by atoms with van der Waals surface area (Å²) in [6.45, 7) is 2.24. The molecule has 0 atom stereocenters. The van der Waals surface area contributed by atoms with Crippen LogP contribution in [-0.4, -0.2) is 60.7 Å². The zero-order chi connectivity index (χ0) is 17.4. The SMILES string of the molecule is COCCCN(CCOC)C(=O)C=Cc1c(Cl)nc2ccccn12. The second-order valence-electron chi connectivity index (χ2n) is 5.21. The normalized spacial score (nSPS) is 11.5. The number of pyridine rings is 1. The largest absolute Gasteiger partial charge is 0.385 e. The van der Waals surface area contributed by atoms with Gasteiger partial charge in [-0.3, -0.25) is 9.20 Å². The van der Waals surface area contributed by atoms with Crippen molar-refractivity contribution < 1.29 is 14.3 Å². The first-order valence-electron chi connectivity index (χ1n) is 7.75. The van der Waals surface area contributed by atoms with Gasteiger partial charge >= 0.3 is 0 Å². The molecule has 2 aromatic rings. The number of aromatic nitrogens is 2. The Hall–Kier alpha value is -1.89. The topological polar surface area (TPSA) is 56.1 Å². The van der Waals surface area contributed by atoms with Crippen LogP contribution in [0.15, 0.2) is 30.5 Å². The van der Waals surface area contributed by atoms with Gasteiger partial charge in [0.15, 0.2) is 5.15 Å². The van der Waals surface area contributed by atoms with Gasteiger partial charge in [0.1, 0.15) is 5.65 Å². The summed E-state index contributed by atoms with van der Waals surface area (Å²) >= 11 is 6.17. The minimum Gasteiger partial charge on any atom is -0.385 e. The molecular formula is C17H22ClN3O3. The second kappa shape index (κ2) is 9.42. The Morgan fingerprint density at radius 3 is 2.83 bits per heavy atom. The molecule has 0 radical (unpaired) electrons. The molecule has 7 heteroatoms. The van der Waals surface area contributed by atoms with E-state index in [9.17, 15) is 4.79 Å². The standard InChI is InChI=1S/C17H22ClN3O3/c1-23-12-5-9-20(11-13-24-2)16(22)8-7-14-17(18)19-15-6-3-4-10-21(14)15/h3-4,6-8,10H,5,9,11-13H2,1-2H3. The molecular weight excluding hydrogens is 330 g/mol. The van der Waals surface area contributed by atoms with Crippen molar-refractivity contribution >= 4 is 29.2 Å². The summed E-state index contributed by atoms with van der Waals surface area (Å²) in [7, 11) is 3.26. The predicted octanol–water partition coefficient (Wildman–Crippen LogP) is 2.51. The monoisotopic (exact) mass is 351 g/mol. The zero-order valence-corrected chi connectivity index (χ0v) is 14.7. The van der Waals surface area contributed by atoms with Gasteiger partial charge in [-0.15, -0.1) is 0 Å². The Bertz CT molecular complexity index is 699. The molecule has 0 spiro atoms. The molecule has 0 aliphatic rings. The van der Waals surface area contributed by atoms with Crippen molar-refractivity contribution in [3.63, 3.8) is 0 Å². The van der Waals surface area contributed by atoms with Crippen LogP contribution in [0.1, 0.15) is 12.1 Å². The van der Waals surface area contributed by atoms with E-state index in [-0.39, 0.29) is 5.91 Å². The van der Waals surface area contributed by atoms with Crippen molar-refractivity contribution in [2.45, 2.75) is 6.42 Å². The van der Waals surface area contributed by atoms with Crippen LogP contribution in [-0.2, 0) is 14.3 Å². The fourth-order valence-electron chi connectivity index (χ4n) is 2.32. The van der Waals surface area contributed by atoms with Crippen molar-refractivity contribution in [1.29, 1.82) is 0 Å². The third-order valence-electron chi connectivity index (χ3n) is 3.56. The molecule has 0 bridgehead atoms. The quantitative estimate of drug-likeness (QED) is 0.514. The molecule has 2 heterocycles. The van der Waals surface area contributed by atoms with Crippen LogP contribution in [0.25, 0.3) is 11.7 Å². The van der Waals surface area contributed by atoms with Crippen molar-refractivity contribution in [1.82, 2.24) is 14.3 Å².